The van der Waals surface area contributed by atoms with E-state index in [-0.39, 0.29) is 6.04 Å². The summed E-state index contributed by atoms with van der Waals surface area (Å²) in [6.07, 6.45) is 0. The number of rotatable bonds is 5. The van der Waals surface area contributed by atoms with Crippen LogP contribution in [-0.4, -0.2) is 4.92 Å². The first-order valence-electron chi connectivity index (χ1n) is 6.39. The van der Waals surface area contributed by atoms with Gasteiger partial charge in [0.15, 0.2) is 0 Å². The Morgan fingerprint density at radius 3 is 2.71 bits per heavy atom. The molecule has 0 aliphatic carbocycles. The maximum Gasteiger partial charge on any atom is 0.304 e. The number of hydrogen-bond donors (Lipinski definition) is 1. The Bertz CT molecular complexity index is 664. The van der Waals surface area contributed by atoms with Crippen LogP contribution in [0.3, 0.4) is 0 Å². The molecule has 0 saturated carbocycles. The molecule has 0 aliphatic heterocycles. The molecule has 0 aromatic heterocycles. The lowest BCUT2D eigenvalue weighted by Gasteiger charge is -2.14. The van der Waals surface area contributed by atoms with E-state index < -0.39 is 16.4 Å². The van der Waals surface area contributed by atoms with Crippen molar-refractivity contribution in [2.24, 2.45) is 0 Å². The summed E-state index contributed by atoms with van der Waals surface area (Å²) in [6.45, 7) is 2.44. The Balaban J connectivity index is 2.03. The van der Waals surface area contributed by atoms with Gasteiger partial charge in [-0.1, -0.05) is 34.1 Å². The average molecular weight is 353 g/mol. The van der Waals surface area contributed by atoms with Gasteiger partial charge in [-0.3, -0.25) is 10.1 Å². The van der Waals surface area contributed by atoms with Crippen molar-refractivity contribution in [2.75, 3.05) is 0 Å². The molecule has 1 N–H and O–H groups in total. The number of nitro groups is 1. The maximum atomic E-state index is 13.5. The first-order valence-corrected chi connectivity index (χ1v) is 7.18. The molecule has 0 radical (unpaired) electrons. The molecule has 21 heavy (non-hydrogen) atoms. The van der Waals surface area contributed by atoms with E-state index >= 15 is 0 Å². The summed E-state index contributed by atoms with van der Waals surface area (Å²) in [7, 11) is 0. The van der Waals surface area contributed by atoms with Crippen LogP contribution in [0.2, 0.25) is 0 Å². The summed E-state index contributed by atoms with van der Waals surface area (Å²) in [6, 6.07) is 11.9. The van der Waals surface area contributed by atoms with Gasteiger partial charge in [-0.05, 0) is 36.2 Å². The van der Waals surface area contributed by atoms with Crippen LogP contribution in [0.15, 0.2) is 46.9 Å². The normalized spacial score (nSPS) is 12.1. The molecule has 2 aromatic carbocycles. The molecule has 110 valence electrons. The molecule has 2 aromatic rings. The number of nitro benzene ring substituents is 1. The quantitative estimate of drug-likeness (QED) is 0.642. The lowest BCUT2D eigenvalue weighted by Crippen LogP contribution is -2.18. The van der Waals surface area contributed by atoms with Gasteiger partial charge in [-0.2, -0.15) is 4.39 Å². The van der Waals surface area contributed by atoms with Crippen molar-refractivity contribution in [1.29, 1.82) is 0 Å². The van der Waals surface area contributed by atoms with E-state index in [1.807, 2.05) is 31.2 Å². The van der Waals surface area contributed by atoms with Gasteiger partial charge in [0, 0.05) is 23.1 Å². The van der Waals surface area contributed by atoms with Gasteiger partial charge in [0.1, 0.15) is 0 Å². The summed E-state index contributed by atoms with van der Waals surface area (Å²) in [5, 5.41) is 13.8. The van der Waals surface area contributed by atoms with Crippen molar-refractivity contribution in [3.63, 3.8) is 0 Å². The molecule has 1 atom stereocenters. The van der Waals surface area contributed by atoms with Gasteiger partial charge in [0.2, 0.25) is 5.82 Å². The Kier molecular flexibility index (Phi) is 5.03. The molecular weight excluding hydrogens is 339 g/mol. The van der Waals surface area contributed by atoms with Crippen molar-refractivity contribution in [3.8, 4) is 0 Å². The molecular formula is C15H14BrFN2O2. The Hall–Kier alpha value is -1.79. The average Bonchev–Trinajstić information content (AvgIpc) is 2.44. The molecule has 0 aliphatic rings. The molecule has 0 fully saturated rings. The van der Waals surface area contributed by atoms with Gasteiger partial charge >= 0.3 is 5.69 Å². The number of halogens is 2. The van der Waals surface area contributed by atoms with E-state index in [1.165, 1.54) is 12.1 Å². The molecule has 0 heterocycles. The summed E-state index contributed by atoms with van der Waals surface area (Å²) in [5.74, 6) is -0.811. The third kappa shape index (κ3) is 4.09. The van der Waals surface area contributed by atoms with Crippen molar-refractivity contribution in [2.45, 2.75) is 19.5 Å². The third-order valence-electron chi connectivity index (χ3n) is 3.17. The second-order valence-electron chi connectivity index (χ2n) is 4.70. The van der Waals surface area contributed by atoms with Crippen molar-refractivity contribution in [3.05, 3.63) is 74.0 Å². The van der Waals surface area contributed by atoms with Gasteiger partial charge < -0.3 is 5.32 Å². The number of nitrogens with zero attached hydrogens (tertiary/aromatic N) is 1. The minimum atomic E-state index is -0.811. The first kappa shape index (κ1) is 15.6. The molecule has 0 saturated heterocycles. The largest absolute Gasteiger partial charge is 0.306 e. The minimum absolute atomic E-state index is 0.0840. The van der Waals surface area contributed by atoms with E-state index in [4.69, 9.17) is 0 Å². The Morgan fingerprint density at radius 2 is 2.10 bits per heavy atom. The fraction of sp³-hybridized carbons (Fsp3) is 0.200. The smallest absolute Gasteiger partial charge is 0.304 e. The number of hydrogen-bond acceptors (Lipinski definition) is 3. The van der Waals surface area contributed by atoms with Gasteiger partial charge in [0.05, 0.1) is 4.92 Å². The zero-order chi connectivity index (χ0) is 15.4. The van der Waals surface area contributed by atoms with E-state index in [0.717, 1.165) is 10.0 Å². The lowest BCUT2D eigenvalue weighted by molar-refractivity contribution is -0.387. The van der Waals surface area contributed by atoms with E-state index in [9.17, 15) is 14.5 Å². The summed E-state index contributed by atoms with van der Waals surface area (Å²) in [5.41, 5.74) is 1.27. The van der Waals surface area contributed by atoms with Crippen LogP contribution in [-0.2, 0) is 6.54 Å². The monoisotopic (exact) mass is 352 g/mol. The lowest BCUT2D eigenvalue weighted by atomic mass is 10.1. The van der Waals surface area contributed by atoms with E-state index in [0.29, 0.717) is 12.1 Å². The molecule has 1 unspecified atom stereocenters. The van der Waals surface area contributed by atoms with Crippen LogP contribution in [0.1, 0.15) is 24.1 Å². The molecule has 0 amide bonds. The van der Waals surface area contributed by atoms with Gasteiger partial charge in [-0.15, -0.1) is 0 Å². The fourth-order valence-corrected chi connectivity index (χ4v) is 2.39. The summed E-state index contributed by atoms with van der Waals surface area (Å²) in [4.78, 5) is 9.84. The molecule has 4 nitrogen and oxygen atoms in total. The summed E-state index contributed by atoms with van der Waals surface area (Å²) >= 11 is 3.42. The van der Waals surface area contributed by atoms with Gasteiger partial charge in [0.25, 0.3) is 0 Å². The topological polar surface area (TPSA) is 55.2 Å². The van der Waals surface area contributed by atoms with Crippen LogP contribution < -0.4 is 5.32 Å². The van der Waals surface area contributed by atoms with Crippen molar-refractivity contribution < 1.29 is 9.31 Å². The van der Waals surface area contributed by atoms with Crippen LogP contribution in [0.5, 0.6) is 0 Å². The minimum Gasteiger partial charge on any atom is -0.306 e. The second-order valence-corrected chi connectivity index (χ2v) is 5.62. The van der Waals surface area contributed by atoms with E-state index in [2.05, 4.69) is 21.2 Å². The highest BCUT2D eigenvalue weighted by Crippen LogP contribution is 2.20. The van der Waals surface area contributed by atoms with Crippen LogP contribution in [0.25, 0.3) is 0 Å². The van der Waals surface area contributed by atoms with Gasteiger partial charge in [-0.25, -0.2) is 0 Å². The SMILES string of the molecule is CC(NCc1ccc([N+](=O)[O-])c(F)c1)c1cccc(Br)c1. The van der Waals surface area contributed by atoms with Crippen LogP contribution in [0.4, 0.5) is 10.1 Å². The fourth-order valence-electron chi connectivity index (χ4n) is 1.97. The predicted octanol–water partition coefficient (Wildman–Crippen LogP) is 4.35. The Labute approximate surface area is 130 Å². The molecule has 6 heteroatoms. The zero-order valence-corrected chi connectivity index (χ0v) is 12.9. The highest BCUT2D eigenvalue weighted by atomic mass is 79.9. The third-order valence-corrected chi connectivity index (χ3v) is 3.66. The van der Waals surface area contributed by atoms with Crippen LogP contribution in [0, 0.1) is 15.9 Å². The predicted molar refractivity (Wildman–Crippen MR) is 82.5 cm³/mol. The molecule has 0 bridgehead atoms. The van der Waals surface area contributed by atoms with Crippen molar-refractivity contribution >= 4 is 21.6 Å². The Morgan fingerprint density at radius 1 is 1.33 bits per heavy atom. The highest BCUT2D eigenvalue weighted by molar-refractivity contribution is 9.10. The molecule has 0 spiro atoms. The number of benzene rings is 2. The van der Waals surface area contributed by atoms with Crippen LogP contribution >= 0.6 is 15.9 Å². The standard InChI is InChI=1S/C15H14BrFN2O2/c1-10(12-3-2-4-13(16)8-12)18-9-11-5-6-15(19(20)21)14(17)7-11/h2-8,10,18H,9H2,1H3. The highest BCUT2D eigenvalue weighted by Gasteiger charge is 2.14. The first-order chi connectivity index (χ1) is 9.97. The number of nitrogens with one attached hydrogen (secondary N) is 1. The molecule has 2 rings (SSSR count). The summed E-state index contributed by atoms with van der Waals surface area (Å²) < 4.78 is 14.5. The zero-order valence-electron chi connectivity index (χ0n) is 11.3. The van der Waals surface area contributed by atoms with E-state index in [1.54, 1.807) is 6.07 Å². The second kappa shape index (κ2) is 6.78. The van der Waals surface area contributed by atoms with Crippen molar-refractivity contribution in [1.82, 2.24) is 5.32 Å². The maximum absolute atomic E-state index is 13.5.